The SMILES string of the molecule is CC1c2ccccc2CCN1C(=O)c1cc2ccc(Cl)cn2n1. The van der Waals surface area contributed by atoms with Crippen LogP contribution in [0.2, 0.25) is 5.02 Å². The average molecular weight is 326 g/mol. The van der Waals surface area contributed by atoms with E-state index in [1.807, 2.05) is 23.1 Å². The Morgan fingerprint density at radius 3 is 2.96 bits per heavy atom. The highest BCUT2D eigenvalue weighted by atomic mass is 35.5. The summed E-state index contributed by atoms with van der Waals surface area (Å²) >= 11 is 5.98. The van der Waals surface area contributed by atoms with E-state index in [0.717, 1.165) is 11.9 Å². The van der Waals surface area contributed by atoms with Crippen molar-refractivity contribution in [2.75, 3.05) is 6.54 Å². The lowest BCUT2D eigenvalue weighted by atomic mass is 9.93. The lowest BCUT2D eigenvalue weighted by Crippen LogP contribution is -2.39. The molecule has 4 nitrogen and oxygen atoms in total. The number of rotatable bonds is 1. The number of nitrogens with zero attached hydrogens (tertiary/aromatic N) is 3. The second kappa shape index (κ2) is 5.39. The summed E-state index contributed by atoms with van der Waals surface area (Å²) in [6.07, 6.45) is 2.59. The number of hydrogen-bond acceptors (Lipinski definition) is 2. The molecule has 0 bridgehead atoms. The molecule has 0 N–H and O–H groups in total. The van der Waals surface area contributed by atoms with E-state index in [2.05, 4.69) is 30.2 Å². The van der Waals surface area contributed by atoms with E-state index in [9.17, 15) is 4.79 Å². The second-order valence-corrected chi connectivity index (χ2v) is 6.31. The fourth-order valence-electron chi connectivity index (χ4n) is 3.26. The van der Waals surface area contributed by atoms with E-state index in [4.69, 9.17) is 11.6 Å². The van der Waals surface area contributed by atoms with Crippen LogP contribution in [0.3, 0.4) is 0 Å². The summed E-state index contributed by atoms with van der Waals surface area (Å²) in [6.45, 7) is 2.79. The third-order valence-electron chi connectivity index (χ3n) is 4.50. The average Bonchev–Trinajstić information content (AvgIpc) is 2.98. The number of halogens is 1. The molecule has 1 aliphatic rings. The predicted molar refractivity (Wildman–Crippen MR) is 89.8 cm³/mol. The summed E-state index contributed by atoms with van der Waals surface area (Å²) in [5.41, 5.74) is 3.87. The highest BCUT2D eigenvalue weighted by Gasteiger charge is 2.29. The minimum atomic E-state index is -0.0353. The van der Waals surface area contributed by atoms with Crippen molar-refractivity contribution in [3.05, 3.63) is 70.5 Å². The lowest BCUT2D eigenvalue weighted by Gasteiger charge is -2.34. The molecule has 3 heterocycles. The first-order valence-electron chi connectivity index (χ1n) is 7.67. The molecule has 0 saturated heterocycles. The van der Waals surface area contributed by atoms with Gasteiger partial charge < -0.3 is 4.90 Å². The van der Waals surface area contributed by atoms with E-state index < -0.39 is 0 Å². The molecule has 1 amide bonds. The molecule has 1 aromatic carbocycles. The van der Waals surface area contributed by atoms with Crippen LogP contribution in [0, 0.1) is 0 Å². The van der Waals surface area contributed by atoms with E-state index in [-0.39, 0.29) is 11.9 Å². The molecule has 1 atom stereocenters. The van der Waals surface area contributed by atoms with E-state index in [1.165, 1.54) is 11.1 Å². The molecule has 116 valence electrons. The van der Waals surface area contributed by atoms with Gasteiger partial charge in [-0.3, -0.25) is 4.79 Å². The third kappa shape index (κ3) is 2.39. The molecule has 23 heavy (non-hydrogen) atoms. The van der Waals surface area contributed by atoms with Gasteiger partial charge in [0.05, 0.1) is 16.6 Å². The monoisotopic (exact) mass is 325 g/mol. The second-order valence-electron chi connectivity index (χ2n) is 5.87. The normalized spacial score (nSPS) is 17.3. The van der Waals surface area contributed by atoms with Gasteiger partial charge >= 0.3 is 0 Å². The van der Waals surface area contributed by atoms with Gasteiger partial charge in [0, 0.05) is 12.7 Å². The van der Waals surface area contributed by atoms with Crippen molar-refractivity contribution in [2.45, 2.75) is 19.4 Å². The van der Waals surface area contributed by atoms with Crippen molar-refractivity contribution in [1.29, 1.82) is 0 Å². The quantitative estimate of drug-likeness (QED) is 0.683. The summed E-state index contributed by atoms with van der Waals surface area (Å²) in [7, 11) is 0. The number of aromatic nitrogens is 2. The van der Waals surface area contributed by atoms with Gasteiger partial charge in [0.15, 0.2) is 5.69 Å². The molecule has 0 spiro atoms. The highest BCUT2D eigenvalue weighted by molar-refractivity contribution is 6.30. The molecule has 4 rings (SSSR count). The molecule has 0 saturated carbocycles. The maximum atomic E-state index is 12.9. The van der Waals surface area contributed by atoms with Gasteiger partial charge in [-0.2, -0.15) is 5.10 Å². The van der Waals surface area contributed by atoms with Gasteiger partial charge in [0.2, 0.25) is 0 Å². The molecule has 1 unspecified atom stereocenters. The summed E-state index contributed by atoms with van der Waals surface area (Å²) < 4.78 is 1.65. The van der Waals surface area contributed by atoms with Gasteiger partial charge in [-0.15, -0.1) is 0 Å². The van der Waals surface area contributed by atoms with Crippen LogP contribution in [-0.4, -0.2) is 27.0 Å². The van der Waals surface area contributed by atoms with Gasteiger partial charge in [-0.05, 0) is 42.7 Å². The van der Waals surface area contributed by atoms with Crippen LogP contribution in [0.15, 0.2) is 48.7 Å². The van der Waals surface area contributed by atoms with Crippen molar-refractivity contribution in [2.24, 2.45) is 0 Å². The minimum Gasteiger partial charge on any atom is -0.330 e. The van der Waals surface area contributed by atoms with E-state index in [1.54, 1.807) is 16.8 Å². The summed E-state index contributed by atoms with van der Waals surface area (Å²) in [4.78, 5) is 14.8. The fraction of sp³-hybridized carbons (Fsp3) is 0.222. The Morgan fingerprint density at radius 1 is 1.26 bits per heavy atom. The first-order valence-corrected chi connectivity index (χ1v) is 8.05. The maximum absolute atomic E-state index is 12.9. The molecular weight excluding hydrogens is 310 g/mol. The summed E-state index contributed by atoms with van der Waals surface area (Å²) in [6, 6.07) is 13.8. The molecule has 3 aromatic rings. The Hall–Kier alpha value is -2.33. The minimum absolute atomic E-state index is 0.0353. The summed E-state index contributed by atoms with van der Waals surface area (Å²) in [5, 5.41) is 4.98. The Morgan fingerprint density at radius 2 is 2.09 bits per heavy atom. The predicted octanol–water partition coefficient (Wildman–Crippen LogP) is 3.75. The van der Waals surface area contributed by atoms with Crippen molar-refractivity contribution in [3.63, 3.8) is 0 Å². The van der Waals surface area contributed by atoms with E-state index >= 15 is 0 Å². The molecule has 5 heteroatoms. The van der Waals surface area contributed by atoms with Gasteiger partial charge in [0.1, 0.15) is 0 Å². The first-order chi connectivity index (χ1) is 11.1. The zero-order valence-corrected chi connectivity index (χ0v) is 13.5. The van der Waals surface area contributed by atoms with Crippen LogP contribution in [0.25, 0.3) is 5.52 Å². The number of carbonyl (C=O) groups excluding carboxylic acids is 1. The highest BCUT2D eigenvalue weighted by Crippen LogP contribution is 2.30. The third-order valence-corrected chi connectivity index (χ3v) is 4.72. The van der Waals surface area contributed by atoms with Crippen molar-refractivity contribution in [3.8, 4) is 0 Å². The van der Waals surface area contributed by atoms with Crippen LogP contribution in [0.4, 0.5) is 0 Å². The molecule has 0 radical (unpaired) electrons. The number of hydrogen-bond donors (Lipinski definition) is 0. The van der Waals surface area contributed by atoms with Gasteiger partial charge in [0.25, 0.3) is 5.91 Å². The lowest BCUT2D eigenvalue weighted by molar-refractivity contribution is 0.0671. The Balaban J connectivity index is 1.68. The zero-order chi connectivity index (χ0) is 16.0. The molecule has 0 fully saturated rings. The number of fused-ring (bicyclic) bond motifs is 2. The zero-order valence-electron chi connectivity index (χ0n) is 12.7. The van der Waals surface area contributed by atoms with Crippen LogP contribution >= 0.6 is 11.6 Å². The Labute approximate surface area is 139 Å². The van der Waals surface area contributed by atoms with Crippen molar-refractivity contribution < 1.29 is 4.79 Å². The van der Waals surface area contributed by atoms with Gasteiger partial charge in [-0.1, -0.05) is 35.9 Å². The first kappa shape index (κ1) is 14.3. The maximum Gasteiger partial charge on any atom is 0.274 e. The molecule has 1 aliphatic heterocycles. The Bertz CT molecular complexity index is 902. The van der Waals surface area contributed by atoms with Crippen molar-refractivity contribution >= 4 is 23.0 Å². The molecule has 2 aromatic heterocycles. The Kier molecular flexibility index (Phi) is 3.34. The summed E-state index contributed by atoms with van der Waals surface area (Å²) in [5.74, 6) is -0.0353. The van der Waals surface area contributed by atoms with Crippen LogP contribution in [0.1, 0.15) is 34.6 Å². The fourth-order valence-corrected chi connectivity index (χ4v) is 3.42. The topological polar surface area (TPSA) is 37.6 Å². The van der Waals surface area contributed by atoms with Crippen LogP contribution in [-0.2, 0) is 6.42 Å². The molecular formula is C18H16ClN3O. The number of carbonyl (C=O) groups is 1. The van der Waals surface area contributed by atoms with Crippen LogP contribution < -0.4 is 0 Å². The number of amides is 1. The van der Waals surface area contributed by atoms with E-state index in [0.29, 0.717) is 17.3 Å². The largest absolute Gasteiger partial charge is 0.330 e. The molecule has 0 aliphatic carbocycles. The standard InChI is InChI=1S/C18H16ClN3O/c1-12-16-5-3-2-4-13(16)8-9-21(12)18(23)17-10-15-7-6-14(19)11-22(15)20-17/h2-7,10-12H,8-9H2,1H3. The van der Waals surface area contributed by atoms with Gasteiger partial charge in [-0.25, -0.2) is 4.52 Å². The smallest absolute Gasteiger partial charge is 0.274 e. The number of pyridine rings is 1. The van der Waals surface area contributed by atoms with Crippen LogP contribution in [0.5, 0.6) is 0 Å². The number of benzene rings is 1. The van der Waals surface area contributed by atoms with Crippen molar-refractivity contribution in [1.82, 2.24) is 14.5 Å².